The van der Waals surface area contributed by atoms with Gasteiger partial charge in [0.15, 0.2) is 5.78 Å². The van der Waals surface area contributed by atoms with E-state index in [2.05, 4.69) is 0 Å². The molecule has 0 aliphatic heterocycles. The van der Waals surface area contributed by atoms with Crippen LogP contribution in [0.1, 0.15) is 18.9 Å². The summed E-state index contributed by atoms with van der Waals surface area (Å²) >= 11 is 0. The number of hydrogen-bond acceptors (Lipinski definition) is 2. The zero-order valence-corrected chi connectivity index (χ0v) is 8.94. The van der Waals surface area contributed by atoms with E-state index in [1.165, 1.54) is 0 Å². The third-order valence-electron chi connectivity index (χ3n) is 2.21. The second-order valence-corrected chi connectivity index (χ2v) is 3.46. The summed E-state index contributed by atoms with van der Waals surface area (Å²) in [5, 5.41) is 8.71. The van der Waals surface area contributed by atoms with E-state index in [9.17, 15) is 4.79 Å². The van der Waals surface area contributed by atoms with E-state index in [0.29, 0.717) is 12.8 Å². The van der Waals surface area contributed by atoms with Gasteiger partial charge in [-0.2, -0.15) is 0 Å². The van der Waals surface area contributed by atoms with Gasteiger partial charge in [0.2, 0.25) is 0 Å². The topological polar surface area (TPSA) is 37.3 Å². The average molecular weight is 204 g/mol. The predicted octanol–water partition coefficient (Wildman–Crippen LogP) is 2.13. The Kier molecular flexibility index (Phi) is 4.78. The number of benzene rings is 1. The molecule has 0 amide bonds. The molecular formula is C13H16O2. The van der Waals surface area contributed by atoms with Crippen molar-refractivity contribution in [2.24, 2.45) is 0 Å². The number of hydrogen-bond donors (Lipinski definition) is 1. The van der Waals surface area contributed by atoms with Crippen LogP contribution in [0.5, 0.6) is 0 Å². The molecule has 2 nitrogen and oxygen atoms in total. The Hall–Kier alpha value is -1.41. The van der Waals surface area contributed by atoms with E-state index in [1.807, 2.05) is 36.4 Å². The van der Waals surface area contributed by atoms with Crippen molar-refractivity contribution in [3.63, 3.8) is 0 Å². The number of aliphatic hydroxyl groups excluding tert-OH is 1. The first-order chi connectivity index (χ1) is 7.24. The molecule has 0 heterocycles. The van der Waals surface area contributed by atoms with E-state index in [4.69, 9.17) is 5.11 Å². The SMILES string of the molecule is CC(=O)/C(=C/CCO)Cc1ccccc1. The van der Waals surface area contributed by atoms with Gasteiger partial charge >= 0.3 is 0 Å². The van der Waals surface area contributed by atoms with Crippen molar-refractivity contribution >= 4 is 5.78 Å². The minimum Gasteiger partial charge on any atom is -0.396 e. The second kappa shape index (κ2) is 6.14. The normalized spacial score (nSPS) is 11.5. The van der Waals surface area contributed by atoms with Crippen molar-refractivity contribution < 1.29 is 9.90 Å². The van der Waals surface area contributed by atoms with E-state index in [1.54, 1.807) is 6.92 Å². The maximum absolute atomic E-state index is 11.3. The van der Waals surface area contributed by atoms with E-state index in [0.717, 1.165) is 11.1 Å². The smallest absolute Gasteiger partial charge is 0.155 e. The van der Waals surface area contributed by atoms with Gasteiger partial charge in [-0.25, -0.2) is 0 Å². The number of carbonyl (C=O) groups is 1. The fraction of sp³-hybridized carbons (Fsp3) is 0.308. The quantitative estimate of drug-likeness (QED) is 0.746. The van der Waals surface area contributed by atoms with Crippen LogP contribution in [0.3, 0.4) is 0 Å². The van der Waals surface area contributed by atoms with Crippen LogP contribution in [-0.2, 0) is 11.2 Å². The summed E-state index contributed by atoms with van der Waals surface area (Å²) in [5.41, 5.74) is 1.90. The predicted molar refractivity (Wildman–Crippen MR) is 60.6 cm³/mol. The van der Waals surface area contributed by atoms with Gasteiger partial charge < -0.3 is 5.11 Å². The largest absolute Gasteiger partial charge is 0.396 e. The molecule has 15 heavy (non-hydrogen) atoms. The molecule has 0 aliphatic carbocycles. The van der Waals surface area contributed by atoms with Gasteiger partial charge in [0.1, 0.15) is 0 Å². The first-order valence-electron chi connectivity index (χ1n) is 5.09. The third-order valence-corrected chi connectivity index (χ3v) is 2.21. The third kappa shape index (κ3) is 4.09. The lowest BCUT2D eigenvalue weighted by atomic mass is 10.0. The highest BCUT2D eigenvalue weighted by Gasteiger charge is 2.04. The molecule has 0 fully saturated rings. The Bertz CT molecular complexity index is 339. The molecule has 0 unspecified atom stereocenters. The number of rotatable bonds is 5. The summed E-state index contributed by atoms with van der Waals surface area (Å²) in [5.74, 6) is 0.0762. The molecule has 0 saturated carbocycles. The Morgan fingerprint density at radius 1 is 1.33 bits per heavy atom. The van der Waals surface area contributed by atoms with Gasteiger partial charge in [-0.3, -0.25) is 4.79 Å². The summed E-state index contributed by atoms with van der Waals surface area (Å²) in [7, 11) is 0. The van der Waals surface area contributed by atoms with Crippen molar-refractivity contribution in [2.75, 3.05) is 6.61 Å². The Morgan fingerprint density at radius 2 is 2.00 bits per heavy atom. The fourth-order valence-corrected chi connectivity index (χ4v) is 1.39. The van der Waals surface area contributed by atoms with Gasteiger partial charge in [-0.15, -0.1) is 0 Å². The molecule has 0 spiro atoms. The van der Waals surface area contributed by atoms with Crippen molar-refractivity contribution in [2.45, 2.75) is 19.8 Å². The summed E-state index contributed by atoms with van der Waals surface area (Å²) < 4.78 is 0. The molecule has 0 aliphatic rings. The molecule has 2 heteroatoms. The first-order valence-corrected chi connectivity index (χ1v) is 5.09. The first kappa shape index (κ1) is 11.7. The van der Waals surface area contributed by atoms with Crippen LogP contribution in [0.15, 0.2) is 42.0 Å². The van der Waals surface area contributed by atoms with E-state index >= 15 is 0 Å². The monoisotopic (exact) mass is 204 g/mol. The molecule has 0 bridgehead atoms. The molecule has 0 radical (unpaired) electrons. The maximum Gasteiger partial charge on any atom is 0.155 e. The summed E-state index contributed by atoms with van der Waals surface area (Å²) in [6.45, 7) is 1.65. The standard InChI is InChI=1S/C13H16O2/c1-11(15)13(8-5-9-14)10-12-6-3-2-4-7-12/h2-4,6-8,14H,5,9-10H2,1H3/b13-8+. The van der Waals surface area contributed by atoms with Crippen LogP contribution in [0.4, 0.5) is 0 Å². The highest BCUT2D eigenvalue weighted by Crippen LogP contribution is 2.09. The highest BCUT2D eigenvalue weighted by atomic mass is 16.2. The maximum atomic E-state index is 11.3. The second-order valence-electron chi connectivity index (χ2n) is 3.46. The summed E-state index contributed by atoms with van der Waals surface area (Å²) in [6, 6.07) is 9.86. The van der Waals surface area contributed by atoms with Crippen molar-refractivity contribution in [3.8, 4) is 0 Å². The number of aliphatic hydroxyl groups is 1. The Morgan fingerprint density at radius 3 is 2.53 bits per heavy atom. The van der Waals surface area contributed by atoms with Crippen LogP contribution in [0.2, 0.25) is 0 Å². The number of ketones is 1. The average Bonchev–Trinajstić information content (AvgIpc) is 2.25. The van der Waals surface area contributed by atoms with Gasteiger partial charge in [-0.05, 0) is 24.5 Å². The summed E-state index contributed by atoms with van der Waals surface area (Å²) in [4.78, 5) is 11.3. The van der Waals surface area contributed by atoms with Gasteiger partial charge in [0.05, 0.1) is 0 Å². The fourth-order valence-electron chi connectivity index (χ4n) is 1.39. The lowest BCUT2D eigenvalue weighted by molar-refractivity contribution is -0.113. The minimum absolute atomic E-state index is 0.0762. The van der Waals surface area contributed by atoms with Gasteiger partial charge in [0, 0.05) is 13.0 Å². The Balaban J connectivity index is 2.72. The van der Waals surface area contributed by atoms with Crippen LogP contribution in [-0.4, -0.2) is 17.5 Å². The lowest BCUT2D eigenvalue weighted by Gasteiger charge is -2.03. The van der Waals surface area contributed by atoms with Crippen molar-refractivity contribution in [3.05, 3.63) is 47.5 Å². The zero-order valence-electron chi connectivity index (χ0n) is 8.94. The molecule has 1 aromatic rings. The zero-order chi connectivity index (χ0) is 11.1. The van der Waals surface area contributed by atoms with Crippen LogP contribution in [0, 0.1) is 0 Å². The lowest BCUT2D eigenvalue weighted by Crippen LogP contribution is -2.01. The highest BCUT2D eigenvalue weighted by molar-refractivity contribution is 5.93. The molecule has 0 atom stereocenters. The van der Waals surface area contributed by atoms with E-state index in [-0.39, 0.29) is 12.4 Å². The molecule has 80 valence electrons. The number of Topliss-reactive ketones (excluding diaryl/α,β-unsaturated/α-hetero) is 1. The molecule has 1 N–H and O–H groups in total. The van der Waals surface area contributed by atoms with Crippen LogP contribution >= 0.6 is 0 Å². The van der Waals surface area contributed by atoms with Crippen molar-refractivity contribution in [1.82, 2.24) is 0 Å². The number of carbonyl (C=O) groups excluding carboxylic acids is 1. The molecule has 0 aromatic heterocycles. The molecule has 1 rings (SSSR count). The molecule has 0 saturated heterocycles. The Labute approximate surface area is 90.3 Å². The molecule has 1 aromatic carbocycles. The minimum atomic E-state index is 0.0762. The number of allylic oxidation sites excluding steroid dienone is 1. The molecular weight excluding hydrogens is 188 g/mol. The van der Waals surface area contributed by atoms with E-state index < -0.39 is 0 Å². The van der Waals surface area contributed by atoms with Crippen LogP contribution in [0.25, 0.3) is 0 Å². The van der Waals surface area contributed by atoms with Crippen LogP contribution < -0.4 is 0 Å². The van der Waals surface area contributed by atoms with Crippen molar-refractivity contribution in [1.29, 1.82) is 0 Å². The summed E-state index contributed by atoms with van der Waals surface area (Å²) in [6.07, 6.45) is 3.01. The van der Waals surface area contributed by atoms with Gasteiger partial charge in [-0.1, -0.05) is 36.4 Å². The van der Waals surface area contributed by atoms with Gasteiger partial charge in [0.25, 0.3) is 0 Å².